The van der Waals surface area contributed by atoms with E-state index in [0.717, 1.165) is 16.9 Å². The maximum absolute atomic E-state index is 13.1. The molecule has 0 radical (unpaired) electrons. The summed E-state index contributed by atoms with van der Waals surface area (Å²) in [6.45, 7) is 1.91. The Bertz CT molecular complexity index is 756. The summed E-state index contributed by atoms with van der Waals surface area (Å²) in [6, 6.07) is 7.79. The predicted octanol–water partition coefficient (Wildman–Crippen LogP) is -0.431. The first-order valence-electron chi connectivity index (χ1n) is 8.73. The SMILES string of the molecule is CC1(NC=O)OC2(O)C3CCCN3C(=O)C(Cc3ccccc3)N2C1=O. The molecule has 0 aromatic heterocycles. The Morgan fingerprint density at radius 3 is 2.77 bits per heavy atom. The van der Waals surface area contributed by atoms with Crippen molar-refractivity contribution in [2.75, 3.05) is 6.54 Å². The van der Waals surface area contributed by atoms with Crippen LogP contribution >= 0.6 is 0 Å². The van der Waals surface area contributed by atoms with Crippen LogP contribution in [-0.4, -0.2) is 63.4 Å². The number of nitrogens with one attached hydrogen (secondary N) is 1. The van der Waals surface area contributed by atoms with Crippen molar-refractivity contribution in [3.8, 4) is 0 Å². The Balaban J connectivity index is 1.77. The summed E-state index contributed by atoms with van der Waals surface area (Å²) in [6.07, 6.45) is 1.87. The molecule has 0 saturated carbocycles. The van der Waals surface area contributed by atoms with Gasteiger partial charge in [-0.1, -0.05) is 30.3 Å². The van der Waals surface area contributed by atoms with Crippen LogP contribution in [0, 0.1) is 0 Å². The Morgan fingerprint density at radius 2 is 2.08 bits per heavy atom. The Kier molecular flexibility index (Phi) is 3.78. The molecule has 4 rings (SSSR count). The normalized spacial score (nSPS) is 36.1. The molecule has 26 heavy (non-hydrogen) atoms. The number of hydrogen-bond donors (Lipinski definition) is 2. The molecule has 3 aliphatic heterocycles. The molecule has 0 spiro atoms. The fraction of sp³-hybridized carbons (Fsp3) is 0.500. The van der Waals surface area contributed by atoms with Crippen molar-refractivity contribution in [2.45, 2.75) is 49.9 Å². The van der Waals surface area contributed by atoms with Gasteiger partial charge in [-0.25, -0.2) is 0 Å². The lowest BCUT2D eigenvalue weighted by Gasteiger charge is -2.48. The summed E-state index contributed by atoms with van der Waals surface area (Å²) in [5.41, 5.74) is -0.833. The lowest BCUT2D eigenvalue weighted by atomic mass is 9.96. The first-order valence-corrected chi connectivity index (χ1v) is 8.73. The van der Waals surface area contributed by atoms with Gasteiger partial charge in [-0.3, -0.25) is 24.0 Å². The van der Waals surface area contributed by atoms with Crippen LogP contribution < -0.4 is 5.32 Å². The van der Waals surface area contributed by atoms with Crippen molar-refractivity contribution in [2.24, 2.45) is 0 Å². The second-order valence-electron chi connectivity index (χ2n) is 7.13. The molecule has 3 saturated heterocycles. The fourth-order valence-electron chi connectivity index (χ4n) is 4.30. The molecular weight excluding hydrogens is 338 g/mol. The van der Waals surface area contributed by atoms with Crippen LogP contribution in [0.1, 0.15) is 25.3 Å². The second-order valence-corrected chi connectivity index (χ2v) is 7.13. The number of aliphatic hydroxyl groups is 1. The molecule has 8 heteroatoms. The van der Waals surface area contributed by atoms with E-state index >= 15 is 0 Å². The lowest BCUT2D eigenvalue weighted by molar-refractivity contribution is -0.314. The number of ether oxygens (including phenoxy) is 1. The number of hydrogen-bond acceptors (Lipinski definition) is 5. The van der Waals surface area contributed by atoms with E-state index in [1.807, 2.05) is 30.3 Å². The minimum Gasteiger partial charge on any atom is -0.347 e. The summed E-state index contributed by atoms with van der Waals surface area (Å²) in [7, 11) is 0. The highest BCUT2D eigenvalue weighted by atomic mass is 16.7. The largest absolute Gasteiger partial charge is 0.347 e. The van der Waals surface area contributed by atoms with Crippen LogP contribution in [0.4, 0.5) is 0 Å². The summed E-state index contributed by atoms with van der Waals surface area (Å²) in [5, 5.41) is 13.7. The molecule has 4 unspecified atom stereocenters. The lowest BCUT2D eigenvalue weighted by Crippen LogP contribution is -2.71. The van der Waals surface area contributed by atoms with Crippen LogP contribution in [-0.2, 0) is 25.5 Å². The van der Waals surface area contributed by atoms with E-state index in [1.54, 1.807) is 4.90 Å². The van der Waals surface area contributed by atoms with Gasteiger partial charge in [0.2, 0.25) is 18.0 Å². The number of fused-ring (bicyclic) bond motifs is 3. The van der Waals surface area contributed by atoms with Gasteiger partial charge < -0.3 is 15.3 Å². The van der Waals surface area contributed by atoms with Gasteiger partial charge in [0, 0.05) is 13.0 Å². The van der Waals surface area contributed by atoms with Gasteiger partial charge in [0.1, 0.15) is 12.1 Å². The number of rotatable bonds is 4. The third kappa shape index (κ3) is 2.25. The number of nitrogens with zero attached hydrogens (tertiary/aromatic N) is 2. The van der Waals surface area contributed by atoms with Gasteiger partial charge >= 0.3 is 0 Å². The molecule has 0 aliphatic carbocycles. The van der Waals surface area contributed by atoms with Gasteiger partial charge in [-0.15, -0.1) is 0 Å². The van der Waals surface area contributed by atoms with E-state index in [9.17, 15) is 19.5 Å². The zero-order valence-electron chi connectivity index (χ0n) is 14.4. The quantitative estimate of drug-likeness (QED) is 0.711. The maximum Gasteiger partial charge on any atom is 0.280 e. The van der Waals surface area contributed by atoms with Crippen molar-refractivity contribution in [1.82, 2.24) is 15.1 Å². The van der Waals surface area contributed by atoms with Crippen LogP contribution in [0.3, 0.4) is 0 Å². The second kappa shape index (κ2) is 5.78. The van der Waals surface area contributed by atoms with Crippen LogP contribution in [0.15, 0.2) is 30.3 Å². The zero-order chi connectivity index (χ0) is 18.5. The van der Waals surface area contributed by atoms with Crippen molar-refractivity contribution in [1.29, 1.82) is 0 Å². The Labute approximate surface area is 150 Å². The van der Waals surface area contributed by atoms with E-state index in [-0.39, 0.29) is 12.3 Å². The highest BCUT2D eigenvalue weighted by molar-refractivity contribution is 5.95. The number of amides is 3. The van der Waals surface area contributed by atoms with Gasteiger partial charge in [0.25, 0.3) is 11.8 Å². The molecule has 1 aromatic rings. The predicted molar refractivity (Wildman–Crippen MR) is 89.2 cm³/mol. The molecule has 3 amide bonds. The number of carbonyl (C=O) groups excluding carboxylic acids is 3. The standard InChI is InChI=1S/C18H21N3O5/c1-17(19-11-22)16(24)21-13(10-12-6-3-2-4-7-12)15(23)20-9-5-8-14(20)18(21,25)26-17/h2-4,6-7,11,13-14,25H,5,8-10H2,1H3,(H,19,22). The molecule has 4 atom stereocenters. The van der Waals surface area contributed by atoms with Crippen molar-refractivity contribution >= 4 is 18.2 Å². The smallest absolute Gasteiger partial charge is 0.280 e. The third-order valence-electron chi connectivity index (χ3n) is 5.50. The molecule has 0 bridgehead atoms. The third-order valence-corrected chi connectivity index (χ3v) is 5.50. The van der Waals surface area contributed by atoms with Gasteiger partial charge in [0.15, 0.2) is 0 Å². The minimum atomic E-state index is -1.95. The van der Waals surface area contributed by atoms with Crippen molar-refractivity contribution in [3.63, 3.8) is 0 Å². The molecule has 1 aromatic carbocycles. The van der Waals surface area contributed by atoms with Gasteiger partial charge in [0.05, 0.1) is 0 Å². The topological polar surface area (TPSA) is 99.2 Å². The van der Waals surface area contributed by atoms with E-state index in [4.69, 9.17) is 4.74 Å². The maximum atomic E-state index is 13.1. The fourth-order valence-corrected chi connectivity index (χ4v) is 4.30. The number of carbonyl (C=O) groups is 3. The summed E-state index contributed by atoms with van der Waals surface area (Å²) < 4.78 is 5.72. The van der Waals surface area contributed by atoms with Crippen molar-refractivity contribution < 1.29 is 24.2 Å². The monoisotopic (exact) mass is 359 g/mol. The molecule has 3 aliphatic rings. The Morgan fingerprint density at radius 1 is 1.35 bits per heavy atom. The molecule has 138 valence electrons. The molecule has 3 fully saturated rings. The van der Waals surface area contributed by atoms with Gasteiger partial charge in [-0.05, 0) is 25.3 Å². The van der Waals surface area contributed by atoms with Crippen LogP contribution in [0.2, 0.25) is 0 Å². The number of benzene rings is 1. The first-order chi connectivity index (χ1) is 12.4. The summed E-state index contributed by atoms with van der Waals surface area (Å²) in [5.74, 6) is -2.77. The first kappa shape index (κ1) is 17.0. The number of piperazine rings is 1. The van der Waals surface area contributed by atoms with E-state index in [0.29, 0.717) is 19.4 Å². The van der Waals surface area contributed by atoms with Crippen molar-refractivity contribution in [3.05, 3.63) is 35.9 Å². The average Bonchev–Trinajstić information content (AvgIpc) is 3.17. The van der Waals surface area contributed by atoms with Gasteiger partial charge in [-0.2, -0.15) is 0 Å². The average molecular weight is 359 g/mol. The van der Waals surface area contributed by atoms with Crippen LogP contribution in [0.5, 0.6) is 0 Å². The molecule has 3 heterocycles. The van der Waals surface area contributed by atoms with E-state index in [2.05, 4.69) is 5.32 Å². The van der Waals surface area contributed by atoms with E-state index < -0.39 is 29.6 Å². The van der Waals surface area contributed by atoms with Crippen LogP contribution in [0.25, 0.3) is 0 Å². The highest BCUT2D eigenvalue weighted by Crippen LogP contribution is 2.45. The minimum absolute atomic E-state index is 0.201. The highest BCUT2D eigenvalue weighted by Gasteiger charge is 2.69. The Hall–Kier alpha value is -2.45. The zero-order valence-corrected chi connectivity index (χ0v) is 14.4. The van der Waals surface area contributed by atoms with E-state index in [1.165, 1.54) is 6.92 Å². The molecule has 2 N–H and O–H groups in total. The molecule has 8 nitrogen and oxygen atoms in total. The molecular formula is C18H21N3O5. The summed E-state index contributed by atoms with van der Waals surface area (Å²) in [4.78, 5) is 39.8. The summed E-state index contributed by atoms with van der Waals surface area (Å²) >= 11 is 0.